The molecule has 0 radical (unpaired) electrons. The molecule has 21 heavy (non-hydrogen) atoms. The maximum absolute atomic E-state index is 11.4. The summed E-state index contributed by atoms with van der Waals surface area (Å²) in [5, 5.41) is 6.03. The van der Waals surface area contributed by atoms with Crippen molar-refractivity contribution in [1.29, 1.82) is 0 Å². The summed E-state index contributed by atoms with van der Waals surface area (Å²) in [4.78, 5) is 13.9. The fourth-order valence-corrected chi connectivity index (χ4v) is 2.47. The molecule has 0 spiro atoms. The molecule has 0 saturated carbocycles. The Morgan fingerprint density at radius 1 is 1.29 bits per heavy atom. The van der Waals surface area contributed by atoms with Crippen molar-refractivity contribution in [2.45, 2.75) is 41.0 Å². The van der Waals surface area contributed by atoms with E-state index >= 15 is 0 Å². The minimum atomic E-state index is -0.231. The Balaban J connectivity index is 3.90. The smallest absolute Gasteiger partial charge is 0.225 e. The van der Waals surface area contributed by atoms with Crippen LogP contribution in [-0.2, 0) is 4.79 Å². The molecule has 0 saturated heterocycles. The number of hydrogen-bond acceptors (Lipinski definition) is 3. The molecule has 0 aromatic heterocycles. The fraction of sp³-hybridized carbons (Fsp3) is 0.800. The first-order chi connectivity index (χ1) is 9.66. The number of carbonyl (C=O) groups excluding carboxylic acids is 1. The van der Waals surface area contributed by atoms with E-state index in [4.69, 9.17) is 5.53 Å². The van der Waals surface area contributed by atoms with Gasteiger partial charge in [0.25, 0.3) is 0 Å². The predicted octanol–water partition coefficient (Wildman–Crippen LogP) is 4.16. The van der Waals surface area contributed by atoms with Crippen molar-refractivity contribution in [3.05, 3.63) is 22.6 Å². The van der Waals surface area contributed by atoms with Crippen LogP contribution in [0.5, 0.6) is 0 Å². The summed E-state index contributed by atoms with van der Waals surface area (Å²) in [6.07, 6.45) is 5.28. The fourth-order valence-electron chi connectivity index (χ4n) is 1.47. The molecule has 0 heterocycles. The van der Waals surface area contributed by atoms with Gasteiger partial charge in [-0.25, -0.2) is 0 Å². The average Bonchev–Trinajstić information content (AvgIpc) is 2.37. The number of rotatable bonds is 9. The van der Waals surface area contributed by atoms with Crippen LogP contribution in [-0.4, -0.2) is 30.5 Å². The summed E-state index contributed by atoms with van der Waals surface area (Å²) in [5.41, 5.74) is 8.51. The minimum Gasteiger partial charge on any atom is -0.355 e. The topological polar surface area (TPSA) is 77.9 Å². The van der Waals surface area contributed by atoms with Crippen LogP contribution >= 0.6 is 11.8 Å². The molecule has 120 valence electrons. The second-order valence-corrected chi connectivity index (χ2v) is 8.11. The monoisotopic (exact) mass is 312 g/mol. The van der Waals surface area contributed by atoms with Crippen LogP contribution in [0.3, 0.4) is 0 Å². The lowest BCUT2D eigenvalue weighted by atomic mass is 9.89. The molecule has 0 aromatic rings. The Morgan fingerprint density at radius 3 is 2.52 bits per heavy atom. The van der Waals surface area contributed by atoms with Crippen LogP contribution in [0.2, 0.25) is 0 Å². The Hall–Kier alpha value is -1.13. The number of carbonyl (C=O) groups is 1. The third-order valence-corrected chi connectivity index (χ3v) is 4.13. The van der Waals surface area contributed by atoms with Gasteiger partial charge in [0, 0.05) is 17.2 Å². The van der Waals surface area contributed by atoms with Crippen LogP contribution in [0.15, 0.2) is 17.3 Å². The lowest BCUT2D eigenvalue weighted by Gasteiger charge is -2.23. The lowest BCUT2D eigenvalue weighted by Crippen LogP contribution is -2.34. The SMILES string of the molecule is CC(C)(C)CSC/C=C/CC(C)(C)CNC(=O)CN=[N+]=[N-]. The van der Waals surface area contributed by atoms with Crippen molar-refractivity contribution < 1.29 is 4.79 Å². The summed E-state index contributed by atoms with van der Waals surface area (Å²) < 4.78 is 0. The van der Waals surface area contributed by atoms with Gasteiger partial charge in [0.2, 0.25) is 5.91 Å². The number of hydrogen-bond donors (Lipinski definition) is 1. The van der Waals surface area contributed by atoms with E-state index in [1.165, 1.54) is 0 Å². The van der Waals surface area contributed by atoms with Gasteiger partial charge in [-0.3, -0.25) is 4.79 Å². The predicted molar refractivity (Wildman–Crippen MR) is 91.3 cm³/mol. The van der Waals surface area contributed by atoms with Crippen LogP contribution in [0.4, 0.5) is 0 Å². The lowest BCUT2D eigenvalue weighted by molar-refractivity contribution is -0.120. The molecule has 5 nitrogen and oxygen atoms in total. The quantitative estimate of drug-likeness (QED) is 0.228. The zero-order chi connectivity index (χ0) is 16.4. The molecule has 0 aliphatic carbocycles. The van der Waals surface area contributed by atoms with Crippen molar-refractivity contribution >= 4 is 17.7 Å². The highest BCUT2D eigenvalue weighted by atomic mass is 32.2. The zero-order valence-electron chi connectivity index (χ0n) is 13.8. The number of nitrogens with zero attached hydrogens (tertiary/aromatic N) is 3. The van der Waals surface area contributed by atoms with Crippen LogP contribution in [0.1, 0.15) is 41.0 Å². The van der Waals surface area contributed by atoms with Crippen molar-refractivity contribution in [1.82, 2.24) is 5.32 Å². The normalized spacial score (nSPS) is 12.2. The number of amides is 1. The number of azide groups is 1. The molecule has 6 heteroatoms. The third kappa shape index (κ3) is 13.6. The maximum atomic E-state index is 11.4. The molecule has 0 bridgehead atoms. The van der Waals surface area contributed by atoms with E-state index in [9.17, 15) is 4.79 Å². The van der Waals surface area contributed by atoms with Gasteiger partial charge in [-0.05, 0) is 28.5 Å². The van der Waals surface area contributed by atoms with E-state index in [-0.39, 0.29) is 17.9 Å². The third-order valence-electron chi connectivity index (χ3n) is 2.63. The van der Waals surface area contributed by atoms with Crippen molar-refractivity contribution in [2.75, 3.05) is 24.6 Å². The van der Waals surface area contributed by atoms with Gasteiger partial charge in [0.05, 0.1) is 0 Å². The van der Waals surface area contributed by atoms with Gasteiger partial charge in [-0.1, -0.05) is 51.9 Å². The Kier molecular flexibility index (Phi) is 9.22. The number of allylic oxidation sites excluding steroid dienone is 1. The molecule has 0 fully saturated rings. The molecule has 1 amide bonds. The molecule has 0 atom stereocenters. The van der Waals surface area contributed by atoms with E-state index in [1.807, 2.05) is 11.8 Å². The summed E-state index contributed by atoms with van der Waals surface area (Å²) in [7, 11) is 0. The van der Waals surface area contributed by atoms with Gasteiger partial charge in [0.15, 0.2) is 0 Å². The average molecular weight is 312 g/mol. The van der Waals surface area contributed by atoms with E-state index in [0.29, 0.717) is 12.0 Å². The number of thioether (sulfide) groups is 1. The first-order valence-corrected chi connectivity index (χ1v) is 8.32. The molecule has 1 N–H and O–H groups in total. The summed E-state index contributed by atoms with van der Waals surface area (Å²) >= 11 is 1.94. The standard InChI is InChI=1S/C15H28N4OS/c1-14(2,3)12-21-9-7-6-8-15(4,5)11-17-13(20)10-18-19-16/h6-7H,8-12H2,1-5H3,(H,17,20)/b7-6+. The van der Waals surface area contributed by atoms with Gasteiger partial charge in [0.1, 0.15) is 6.54 Å². The van der Waals surface area contributed by atoms with Gasteiger partial charge >= 0.3 is 0 Å². The molecule has 0 aliphatic heterocycles. The van der Waals surface area contributed by atoms with Gasteiger partial charge in [-0.2, -0.15) is 11.8 Å². The highest BCUT2D eigenvalue weighted by Crippen LogP contribution is 2.22. The van der Waals surface area contributed by atoms with Crippen LogP contribution in [0.25, 0.3) is 10.4 Å². The summed E-state index contributed by atoms with van der Waals surface area (Å²) in [5.74, 6) is 1.94. The second kappa shape index (κ2) is 9.74. The van der Waals surface area contributed by atoms with E-state index < -0.39 is 0 Å². The molecule has 0 unspecified atom stereocenters. The molecular formula is C15H28N4OS. The molecule has 0 aromatic carbocycles. The summed E-state index contributed by atoms with van der Waals surface area (Å²) in [6.45, 7) is 11.4. The Morgan fingerprint density at radius 2 is 1.95 bits per heavy atom. The van der Waals surface area contributed by atoms with E-state index in [2.05, 4.69) is 62.1 Å². The van der Waals surface area contributed by atoms with Crippen molar-refractivity contribution in [2.24, 2.45) is 15.9 Å². The van der Waals surface area contributed by atoms with Crippen LogP contribution < -0.4 is 5.32 Å². The second-order valence-electron chi connectivity index (χ2n) is 7.08. The molecular weight excluding hydrogens is 284 g/mol. The number of nitrogens with one attached hydrogen (secondary N) is 1. The minimum absolute atomic E-state index is 0.00277. The molecule has 0 rings (SSSR count). The highest BCUT2D eigenvalue weighted by molar-refractivity contribution is 7.99. The van der Waals surface area contributed by atoms with E-state index in [0.717, 1.165) is 17.9 Å². The van der Waals surface area contributed by atoms with Crippen molar-refractivity contribution in [3.63, 3.8) is 0 Å². The Labute approximate surface area is 132 Å². The first kappa shape index (κ1) is 19.9. The maximum Gasteiger partial charge on any atom is 0.225 e. The summed E-state index contributed by atoms with van der Waals surface area (Å²) in [6, 6.07) is 0. The largest absolute Gasteiger partial charge is 0.355 e. The van der Waals surface area contributed by atoms with Crippen molar-refractivity contribution in [3.8, 4) is 0 Å². The van der Waals surface area contributed by atoms with E-state index in [1.54, 1.807) is 0 Å². The Bertz CT molecular complexity index is 393. The van der Waals surface area contributed by atoms with Crippen LogP contribution in [0, 0.1) is 10.8 Å². The first-order valence-electron chi connectivity index (χ1n) is 7.17. The highest BCUT2D eigenvalue weighted by Gasteiger charge is 2.16. The molecule has 0 aliphatic rings. The zero-order valence-corrected chi connectivity index (χ0v) is 14.7. The van der Waals surface area contributed by atoms with Gasteiger partial charge in [-0.15, -0.1) is 0 Å². The van der Waals surface area contributed by atoms with Gasteiger partial charge < -0.3 is 5.32 Å².